The molecule has 0 atom stereocenters. The highest BCUT2D eigenvalue weighted by molar-refractivity contribution is 5.95. The largest absolute Gasteiger partial charge is 0.506 e. The van der Waals surface area contributed by atoms with Crippen molar-refractivity contribution in [2.45, 2.75) is 0 Å². The molecule has 0 saturated heterocycles. The quantitative estimate of drug-likeness (QED) is 0.240. The second-order valence-corrected chi connectivity index (χ2v) is 5.12. The van der Waals surface area contributed by atoms with Crippen LogP contribution in [-0.2, 0) is 4.74 Å². The highest BCUT2D eigenvalue weighted by Gasteiger charge is 2.07. The Kier molecular flexibility index (Phi) is 6.86. The monoisotopic (exact) mass is 325 g/mol. The fourth-order valence-corrected chi connectivity index (χ4v) is 2.13. The first-order chi connectivity index (χ1) is 11.7. The van der Waals surface area contributed by atoms with Crippen molar-refractivity contribution in [1.29, 1.82) is 0 Å². The summed E-state index contributed by atoms with van der Waals surface area (Å²) in [6.45, 7) is 5.30. The van der Waals surface area contributed by atoms with Gasteiger partial charge in [0.2, 0.25) is 0 Å². The third-order valence-corrected chi connectivity index (χ3v) is 3.34. The molecule has 0 aliphatic heterocycles. The number of nitrogens with zero attached hydrogens (tertiary/aromatic N) is 1. The van der Waals surface area contributed by atoms with Crippen LogP contribution in [0, 0.1) is 0 Å². The number of ether oxygens (including phenoxy) is 1. The number of methoxy groups -OCH3 is 1. The lowest BCUT2D eigenvalue weighted by Crippen LogP contribution is -2.31. The van der Waals surface area contributed by atoms with Crippen LogP contribution < -0.4 is 10.6 Å². The summed E-state index contributed by atoms with van der Waals surface area (Å²) in [6, 6.07) is 15.4. The molecule has 0 spiro atoms. The number of benzene rings is 2. The van der Waals surface area contributed by atoms with Gasteiger partial charge in [0.25, 0.3) is 0 Å². The van der Waals surface area contributed by atoms with Gasteiger partial charge in [0, 0.05) is 13.7 Å². The van der Waals surface area contributed by atoms with E-state index in [0.29, 0.717) is 31.3 Å². The van der Waals surface area contributed by atoms with E-state index < -0.39 is 0 Å². The van der Waals surface area contributed by atoms with Crippen molar-refractivity contribution in [2.75, 3.05) is 32.1 Å². The molecular weight excluding hydrogens is 302 g/mol. The topological polar surface area (TPSA) is 65.9 Å². The van der Waals surface area contributed by atoms with Gasteiger partial charge in [0.15, 0.2) is 5.96 Å². The standard InChI is InChI=1S/C19H23N3O2/c1-3-11-20-19(21-12-13-24-2)22-17-14-16(9-10-18(17)23)15-7-5-4-6-8-15/h3-10,14,23H,1,11-13H2,2H3,(H2,20,21,22). The Morgan fingerprint density at radius 2 is 2.00 bits per heavy atom. The minimum Gasteiger partial charge on any atom is -0.506 e. The predicted molar refractivity (Wildman–Crippen MR) is 99.5 cm³/mol. The Bertz CT molecular complexity index is 684. The molecule has 0 fully saturated rings. The number of hydrogen-bond donors (Lipinski definition) is 3. The number of rotatable bonds is 7. The van der Waals surface area contributed by atoms with Crippen molar-refractivity contribution in [3.8, 4) is 16.9 Å². The van der Waals surface area contributed by atoms with E-state index in [-0.39, 0.29) is 5.75 Å². The average molecular weight is 325 g/mol. The Hall–Kier alpha value is -2.79. The molecule has 126 valence electrons. The molecule has 2 aromatic rings. The third kappa shape index (κ3) is 5.14. The molecule has 24 heavy (non-hydrogen) atoms. The molecule has 2 aromatic carbocycles. The Morgan fingerprint density at radius 3 is 2.71 bits per heavy atom. The highest BCUT2D eigenvalue weighted by atomic mass is 16.5. The molecule has 5 heteroatoms. The van der Waals surface area contributed by atoms with Crippen molar-refractivity contribution < 1.29 is 9.84 Å². The lowest BCUT2D eigenvalue weighted by atomic mass is 10.0. The van der Waals surface area contributed by atoms with E-state index in [1.165, 1.54) is 0 Å². The molecule has 3 N–H and O–H groups in total. The van der Waals surface area contributed by atoms with Crippen molar-refractivity contribution >= 4 is 11.6 Å². The molecular formula is C19H23N3O2. The second kappa shape index (κ2) is 9.37. The first-order valence-electron chi connectivity index (χ1n) is 7.78. The van der Waals surface area contributed by atoms with E-state index in [1.807, 2.05) is 42.5 Å². The first kappa shape index (κ1) is 17.6. The molecule has 2 rings (SSSR count). The zero-order chi connectivity index (χ0) is 17.2. The molecule has 0 aromatic heterocycles. The van der Waals surface area contributed by atoms with Crippen molar-refractivity contribution in [1.82, 2.24) is 5.32 Å². The molecule has 0 radical (unpaired) electrons. The van der Waals surface area contributed by atoms with E-state index in [1.54, 1.807) is 19.3 Å². The number of phenolic OH excluding ortho intramolecular Hbond substituents is 1. The zero-order valence-corrected chi connectivity index (χ0v) is 13.8. The number of anilines is 1. The minimum atomic E-state index is 0.162. The minimum absolute atomic E-state index is 0.162. The van der Waals surface area contributed by atoms with E-state index in [9.17, 15) is 5.11 Å². The van der Waals surface area contributed by atoms with E-state index >= 15 is 0 Å². The van der Waals surface area contributed by atoms with E-state index in [0.717, 1.165) is 11.1 Å². The van der Waals surface area contributed by atoms with Crippen LogP contribution in [0.3, 0.4) is 0 Å². The summed E-state index contributed by atoms with van der Waals surface area (Å²) in [5.74, 6) is 0.724. The van der Waals surface area contributed by atoms with Crippen LogP contribution in [0.25, 0.3) is 11.1 Å². The molecule has 0 aliphatic carbocycles. The molecule has 0 amide bonds. The van der Waals surface area contributed by atoms with Crippen LogP contribution in [0.2, 0.25) is 0 Å². The Labute approximate surface area is 142 Å². The third-order valence-electron chi connectivity index (χ3n) is 3.34. The van der Waals surface area contributed by atoms with Gasteiger partial charge in [-0.2, -0.15) is 0 Å². The van der Waals surface area contributed by atoms with Crippen LogP contribution in [0.15, 0.2) is 66.2 Å². The van der Waals surface area contributed by atoms with Gasteiger partial charge in [0.05, 0.1) is 18.8 Å². The summed E-state index contributed by atoms with van der Waals surface area (Å²) in [5, 5.41) is 16.4. The van der Waals surface area contributed by atoms with E-state index in [4.69, 9.17) is 4.74 Å². The normalized spacial score (nSPS) is 11.1. The molecule has 0 aliphatic rings. The number of aromatic hydroxyl groups is 1. The number of hydrogen-bond acceptors (Lipinski definition) is 3. The maximum atomic E-state index is 10.1. The number of phenols is 1. The highest BCUT2D eigenvalue weighted by Crippen LogP contribution is 2.29. The first-order valence-corrected chi connectivity index (χ1v) is 7.78. The summed E-state index contributed by atoms with van der Waals surface area (Å²) in [7, 11) is 1.63. The van der Waals surface area contributed by atoms with Gasteiger partial charge < -0.3 is 20.5 Å². The zero-order valence-electron chi connectivity index (χ0n) is 13.8. The fourth-order valence-electron chi connectivity index (χ4n) is 2.13. The average Bonchev–Trinajstić information content (AvgIpc) is 2.62. The summed E-state index contributed by atoms with van der Waals surface area (Å²) in [5.41, 5.74) is 2.68. The van der Waals surface area contributed by atoms with Gasteiger partial charge >= 0.3 is 0 Å². The Morgan fingerprint density at radius 1 is 1.21 bits per heavy atom. The summed E-state index contributed by atoms with van der Waals surface area (Å²) in [6.07, 6.45) is 1.74. The molecule has 0 saturated carbocycles. The lowest BCUT2D eigenvalue weighted by molar-refractivity contribution is 0.208. The summed E-state index contributed by atoms with van der Waals surface area (Å²) in [4.78, 5) is 4.40. The summed E-state index contributed by atoms with van der Waals surface area (Å²) < 4.78 is 5.02. The van der Waals surface area contributed by atoms with Crippen molar-refractivity contribution in [2.24, 2.45) is 4.99 Å². The lowest BCUT2D eigenvalue weighted by Gasteiger charge is -2.14. The molecule has 0 bridgehead atoms. The van der Waals surface area contributed by atoms with Crippen LogP contribution in [-0.4, -0.2) is 37.9 Å². The van der Waals surface area contributed by atoms with Gasteiger partial charge in [0.1, 0.15) is 5.75 Å². The van der Waals surface area contributed by atoms with Gasteiger partial charge in [-0.15, -0.1) is 6.58 Å². The number of nitrogens with one attached hydrogen (secondary N) is 2. The van der Waals surface area contributed by atoms with Crippen LogP contribution in [0.1, 0.15) is 0 Å². The molecule has 5 nitrogen and oxygen atoms in total. The van der Waals surface area contributed by atoms with Gasteiger partial charge in [-0.05, 0) is 23.3 Å². The molecule has 0 heterocycles. The van der Waals surface area contributed by atoms with Crippen LogP contribution >= 0.6 is 0 Å². The number of aliphatic imine (C=N–C) groups is 1. The Balaban J connectivity index is 2.22. The van der Waals surface area contributed by atoms with Gasteiger partial charge in [-0.1, -0.05) is 42.5 Å². The predicted octanol–water partition coefficient (Wildman–Crippen LogP) is 3.25. The fraction of sp³-hybridized carbons (Fsp3) is 0.211. The van der Waals surface area contributed by atoms with Gasteiger partial charge in [-0.25, -0.2) is 0 Å². The summed E-state index contributed by atoms with van der Waals surface area (Å²) >= 11 is 0. The van der Waals surface area contributed by atoms with E-state index in [2.05, 4.69) is 22.2 Å². The maximum absolute atomic E-state index is 10.1. The number of guanidine groups is 1. The van der Waals surface area contributed by atoms with Crippen molar-refractivity contribution in [3.05, 3.63) is 61.2 Å². The SMILES string of the molecule is C=CCNC(=NCCOC)Nc1cc(-c2ccccc2)ccc1O. The smallest absolute Gasteiger partial charge is 0.196 e. The van der Waals surface area contributed by atoms with Crippen LogP contribution in [0.5, 0.6) is 5.75 Å². The maximum Gasteiger partial charge on any atom is 0.196 e. The van der Waals surface area contributed by atoms with Crippen molar-refractivity contribution in [3.63, 3.8) is 0 Å². The second-order valence-electron chi connectivity index (χ2n) is 5.12. The van der Waals surface area contributed by atoms with Crippen LogP contribution in [0.4, 0.5) is 5.69 Å². The molecule has 0 unspecified atom stereocenters. The van der Waals surface area contributed by atoms with Gasteiger partial charge in [-0.3, -0.25) is 4.99 Å².